The maximum absolute atomic E-state index is 12.8. The van der Waals surface area contributed by atoms with Crippen LogP contribution in [-0.2, 0) is 11.3 Å². The number of fused-ring (bicyclic) bond motifs is 2. The maximum Gasteiger partial charge on any atom is 0.410 e. The van der Waals surface area contributed by atoms with Gasteiger partial charge in [-0.3, -0.25) is 0 Å². The van der Waals surface area contributed by atoms with E-state index in [0.29, 0.717) is 49.1 Å². The van der Waals surface area contributed by atoms with Gasteiger partial charge in [0.2, 0.25) is 6.79 Å². The van der Waals surface area contributed by atoms with Crippen molar-refractivity contribution in [1.82, 2.24) is 14.9 Å². The van der Waals surface area contributed by atoms with Crippen molar-refractivity contribution in [3.8, 4) is 28.6 Å². The molecule has 9 heteroatoms. The van der Waals surface area contributed by atoms with E-state index in [-0.39, 0.29) is 26.7 Å². The highest BCUT2D eigenvalue weighted by molar-refractivity contribution is 5.91. The zero-order valence-corrected chi connectivity index (χ0v) is 19.5. The Morgan fingerprint density at radius 3 is 2.61 bits per heavy atom. The molecule has 0 unspecified atom stereocenters. The van der Waals surface area contributed by atoms with Crippen LogP contribution in [-0.4, -0.2) is 59.0 Å². The number of para-hydroxylation sites is 3. The Balaban J connectivity index is 0.00000280. The van der Waals surface area contributed by atoms with Gasteiger partial charge in [0.1, 0.15) is 18.2 Å². The molecule has 36 heavy (non-hydrogen) atoms. The van der Waals surface area contributed by atoms with Crippen molar-refractivity contribution in [1.29, 1.82) is 0 Å². The van der Waals surface area contributed by atoms with E-state index in [4.69, 9.17) is 19.2 Å². The minimum absolute atomic E-state index is 0. The Hall–Kier alpha value is -4.53. The van der Waals surface area contributed by atoms with Crippen LogP contribution >= 0.6 is 0 Å². The third-order valence-corrected chi connectivity index (χ3v) is 6.39. The van der Waals surface area contributed by atoms with Gasteiger partial charge in [-0.25, -0.2) is 14.8 Å². The first kappa shape index (κ1) is 22.0. The number of aromatic nitrogens is 2. The van der Waals surface area contributed by atoms with Crippen LogP contribution < -0.4 is 14.4 Å². The minimum atomic E-state index is -0.367. The van der Waals surface area contributed by atoms with Crippen LogP contribution in [0.15, 0.2) is 66.7 Å². The number of phenolic OH excluding ortho intramolecular Hbond substituents is 1. The van der Waals surface area contributed by atoms with Crippen LogP contribution in [0, 0.1) is 0 Å². The smallest absolute Gasteiger partial charge is 0.410 e. The average molecular weight is 487 g/mol. The third-order valence-electron chi connectivity index (χ3n) is 6.39. The third kappa shape index (κ3) is 4.08. The van der Waals surface area contributed by atoms with Gasteiger partial charge in [0.15, 0.2) is 17.3 Å². The lowest BCUT2D eigenvalue weighted by Crippen LogP contribution is -2.49. The molecule has 6 rings (SSSR count). The standard InChI is InChI=1S/C27H24N4O5.H2/c32-22-10-4-2-8-20(22)25-28-21-9-3-1-7-19(21)26(29-25)30-12-14-31(15-13-30)27(33)34-16-18-6-5-11-23-24(18)36-17-35-23;/h1-11,32H,12-17H2;1H. The number of phenols is 1. The summed E-state index contributed by atoms with van der Waals surface area (Å²) < 4.78 is 16.5. The molecule has 1 fully saturated rings. The van der Waals surface area contributed by atoms with Crippen molar-refractivity contribution in [2.24, 2.45) is 0 Å². The Labute approximate surface area is 209 Å². The second-order valence-electron chi connectivity index (χ2n) is 8.58. The highest BCUT2D eigenvalue weighted by Gasteiger charge is 2.26. The predicted molar refractivity (Wildman–Crippen MR) is 135 cm³/mol. The number of hydrogen-bond donors (Lipinski definition) is 1. The van der Waals surface area contributed by atoms with Crippen LogP contribution in [0.1, 0.15) is 6.99 Å². The molecule has 1 amide bonds. The predicted octanol–water partition coefficient (Wildman–Crippen LogP) is 4.44. The molecule has 1 saturated heterocycles. The maximum atomic E-state index is 12.8. The molecule has 3 heterocycles. The summed E-state index contributed by atoms with van der Waals surface area (Å²) >= 11 is 0. The Morgan fingerprint density at radius 2 is 1.75 bits per heavy atom. The van der Waals surface area contributed by atoms with Gasteiger partial charge in [-0.1, -0.05) is 36.4 Å². The first-order valence-electron chi connectivity index (χ1n) is 11.8. The molecule has 0 radical (unpaired) electrons. The van der Waals surface area contributed by atoms with Crippen LogP contribution in [0.25, 0.3) is 22.3 Å². The number of ether oxygens (including phenoxy) is 3. The molecular weight excluding hydrogens is 460 g/mol. The van der Waals surface area contributed by atoms with Crippen LogP contribution in [0.5, 0.6) is 17.2 Å². The average Bonchev–Trinajstić information content (AvgIpc) is 3.41. The number of hydrogen-bond acceptors (Lipinski definition) is 8. The molecular formula is C27H26N4O5. The van der Waals surface area contributed by atoms with Gasteiger partial charge in [0.25, 0.3) is 0 Å². The quantitative estimate of drug-likeness (QED) is 0.452. The van der Waals surface area contributed by atoms with E-state index < -0.39 is 0 Å². The van der Waals surface area contributed by atoms with E-state index in [1.54, 1.807) is 23.1 Å². The Kier molecular flexibility index (Phi) is 5.65. The molecule has 0 bridgehead atoms. The Bertz CT molecular complexity index is 1440. The number of carbonyl (C=O) groups is 1. The fraction of sp³-hybridized carbons (Fsp3) is 0.222. The van der Waals surface area contributed by atoms with Crippen LogP contribution in [0.2, 0.25) is 0 Å². The SMILES string of the molecule is O=C(OCc1cccc2c1OCO2)N1CCN(c2nc(-c3ccccc3O)nc3ccccc23)CC1.[HH]. The van der Waals surface area contributed by atoms with Crippen molar-refractivity contribution in [3.05, 3.63) is 72.3 Å². The van der Waals surface area contributed by atoms with E-state index in [9.17, 15) is 9.90 Å². The fourth-order valence-corrected chi connectivity index (χ4v) is 4.52. The zero-order chi connectivity index (χ0) is 24.5. The Morgan fingerprint density at radius 1 is 0.944 bits per heavy atom. The largest absolute Gasteiger partial charge is 0.507 e. The number of amides is 1. The van der Waals surface area contributed by atoms with Gasteiger partial charge in [0.05, 0.1) is 11.1 Å². The molecule has 1 N–H and O–H groups in total. The molecule has 1 aromatic heterocycles. The van der Waals surface area contributed by atoms with Gasteiger partial charge in [-0.05, 0) is 30.3 Å². The second-order valence-corrected chi connectivity index (χ2v) is 8.58. The lowest BCUT2D eigenvalue weighted by molar-refractivity contribution is 0.0931. The summed E-state index contributed by atoms with van der Waals surface area (Å²) in [6, 6.07) is 20.4. The number of benzene rings is 3. The van der Waals surface area contributed by atoms with Crippen molar-refractivity contribution in [2.75, 3.05) is 37.9 Å². The summed E-state index contributed by atoms with van der Waals surface area (Å²) in [6.07, 6.45) is -0.367. The normalized spacial score (nSPS) is 14.8. The van der Waals surface area contributed by atoms with Crippen molar-refractivity contribution in [3.63, 3.8) is 0 Å². The lowest BCUT2D eigenvalue weighted by atomic mass is 10.1. The van der Waals surface area contributed by atoms with E-state index in [2.05, 4.69) is 9.88 Å². The molecule has 2 aliphatic rings. The molecule has 0 saturated carbocycles. The number of carbonyl (C=O) groups excluding carboxylic acids is 1. The highest BCUT2D eigenvalue weighted by Crippen LogP contribution is 2.36. The van der Waals surface area contributed by atoms with Crippen molar-refractivity contribution >= 4 is 22.8 Å². The molecule has 4 aromatic rings. The minimum Gasteiger partial charge on any atom is -0.507 e. The van der Waals surface area contributed by atoms with E-state index in [1.807, 2.05) is 48.5 Å². The fourth-order valence-electron chi connectivity index (χ4n) is 4.52. The topological polar surface area (TPSA) is 97.3 Å². The summed E-state index contributed by atoms with van der Waals surface area (Å²) in [5.74, 6) is 2.67. The van der Waals surface area contributed by atoms with Gasteiger partial charge < -0.3 is 29.1 Å². The lowest BCUT2D eigenvalue weighted by Gasteiger charge is -2.35. The molecule has 0 aliphatic carbocycles. The van der Waals surface area contributed by atoms with Crippen molar-refractivity contribution < 1.29 is 25.5 Å². The first-order chi connectivity index (χ1) is 17.7. The highest BCUT2D eigenvalue weighted by atomic mass is 16.7. The number of anilines is 1. The van der Waals surface area contributed by atoms with Gasteiger partial charge >= 0.3 is 6.09 Å². The zero-order valence-electron chi connectivity index (χ0n) is 19.5. The summed E-state index contributed by atoms with van der Waals surface area (Å²) in [6.45, 7) is 2.46. The molecule has 9 nitrogen and oxygen atoms in total. The van der Waals surface area contributed by atoms with E-state index >= 15 is 0 Å². The number of nitrogens with zero attached hydrogens (tertiary/aromatic N) is 4. The van der Waals surface area contributed by atoms with Gasteiger partial charge in [0, 0.05) is 38.6 Å². The summed E-state index contributed by atoms with van der Waals surface area (Å²) in [5, 5.41) is 11.3. The van der Waals surface area contributed by atoms with Crippen molar-refractivity contribution in [2.45, 2.75) is 6.61 Å². The molecule has 0 atom stereocenters. The van der Waals surface area contributed by atoms with Gasteiger partial charge in [-0.15, -0.1) is 0 Å². The molecule has 184 valence electrons. The number of rotatable bonds is 4. The number of piperazine rings is 1. The van der Waals surface area contributed by atoms with Crippen LogP contribution in [0.4, 0.5) is 10.6 Å². The molecule has 3 aromatic carbocycles. The molecule has 0 spiro atoms. The summed E-state index contributed by atoms with van der Waals surface area (Å²) in [7, 11) is 0. The summed E-state index contributed by atoms with van der Waals surface area (Å²) in [4.78, 5) is 26.1. The summed E-state index contributed by atoms with van der Waals surface area (Å²) in [5.41, 5.74) is 2.15. The van der Waals surface area contributed by atoms with E-state index in [1.165, 1.54) is 0 Å². The second kappa shape index (κ2) is 9.26. The van der Waals surface area contributed by atoms with Crippen LogP contribution in [0.3, 0.4) is 0 Å². The molecule has 2 aliphatic heterocycles. The first-order valence-corrected chi connectivity index (χ1v) is 11.8. The monoisotopic (exact) mass is 486 g/mol. The van der Waals surface area contributed by atoms with E-state index in [0.717, 1.165) is 22.3 Å². The van der Waals surface area contributed by atoms with Gasteiger partial charge in [-0.2, -0.15) is 0 Å². The number of aromatic hydroxyl groups is 1.